The SMILES string of the molecule is Cc1ncsc1CN(C)C(=O)N(CC(=O)O)CC(C)C. The Balaban J connectivity index is 2.72. The first kappa shape index (κ1) is 16.4. The van der Waals surface area contributed by atoms with Crippen molar-refractivity contribution >= 4 is 23.3 Å². The molecule has 0 fully saturated rings. The zero-order valence-corrected chi connectivity index (χ0v) is 13.1. The highest BCUT2D eigenvalue weighted by molar-refractivity contribution is 7.09. The molecular formula is C13H21N3O3S. The van der Waals surface area contributed by atoms with E-state index < -0.39 is 5.97 Å². The van der Waals surface area contributed by atoms with Gasteiger partial charge in [0, 0.05) is 18.5 Å². The zero-order valence-electron chi connectivity index (χ0n) is 12.3. The van der Waals surface area contributed by atoms with Gasteiger partial charge in [0.05, 0.1) is 17.7 Å². The first-order valence-corrected chi connectivity index (χ1v) is 7.30. The van der Waals surface area contributed by atoms with Crippen LogP contribution in [-0.2, 0) is 11.3 Å². The van der Waals surface area contributed by atoms with E-state index in [1.165, 1.54) is 21.1 Å². The summed E-state index contributed by atoms with van der Waals surface area (Å²) in [7, 11) is 1.68. The van der Waals surface area contributed by atoms with E-state index in [2.05, 4.69) is 4.98 Å². The molecule has 2 amide bonds. The van der Waals surface area contributed by atoms with Crippen LogP contribution in [0.1, 0.15) is 24.4 Å². The Morgan fingerprint density at radius 1 is 1.45 bits per heavy atom. The van der Waals surface area contributed by atoms with Gasteiger partial charge in [0.1, 0.15) is 6.54 Å². The molecule has 0 aliphatic carbocycles. The summed E-state index contributed by atoms with van der Waals surface area (Å²) in [4.78, 5) is 31.2. The molecule has 1 aromatic rings. The van der Waals surface area contributed by atoms with Crippen molar-refractivity contribution in [2.24, 2.45) is 5.92 Å². The van der Waals surface area contributed by atoms with Gasteiger partial charge in [-0.25, -0.2) is 9.78 Å². The number of aryl methyl sites for hydroxylation is 1. The van der Waals surface area contributed by atoms with Crippen molar-refractivity contribution in [3.05, 3.63) is 16.1 Å². The van der Waals surface area contributed by atoms with Crippen LogP contribution in [0, 0.1) is 12.8 Å². The topological polar surface area (TPSA) is 73.7 Å². The number of carboxylic acids is 1. The summed E-state index contributed by atoms with van der Waals surface area (Å²) in [5.41, 5.74) is 2.65. The quantitative estimate of drug-likeness (QED) is 0.872. The van der Waals surface area contributed by atoms with E-state index in [1.54, 1.807) is 12.6 Å². The van der Waals surface area contributed by atoms with Crippen LogP contribution in [-0.4, -0.2) is 52.0 Å². The average molecular weight is 299 g/mol. The van der Waals surface area contributed by atoms with Crippen molar-refractivity contribution in [2.75, 3.05) is 20.1 Å². The molecule has 7 heteroatoms. The van der Waals surface area contributed by atoms with Crippen LogP contribution in [0.5, 0.6) is 0 Å². The fourth-order valence-corrected chi connectivity index (χ4v) is 2.65. The van der Waals surface area contributed by atoms with Crippen molar-refractivity contribution in [3.8, 4) is 0 Å². The summed E-state index contributed by atoms with van der Waals surface area (Å²) in [6, 6.07) is -0.270. The summed E-state index contributed by atoms with van der Waals surface area (Å²) in [6.07, 6.45) is 0. The normalized spacial score (nSPS) is 10.7. The third-order valence-corrected chi connectivity index (χ3v) is 3.65. The molecule has 6 nitrogen and oxygen atoms in total. The maximum atomic E-state index is 12.3. The van der Waals surface area contributed by atoms with Gasteiger partial charge in [-0.15, -0.1) is 11.3 Å². The first-order valence-electron chi connectivity index (χ1n) is 6.42. The highest BCUT2D eigenvalue weighted by atomic mass is 32.1. The van der Waals surface area contributed by atoms with Crippen molar-refractivity contribution < 1.29 is 14.7 Å². The molecule has 0 bridgehead atoms. The third-order valence-electron chi connectivity index (χ3n) is 2.73. The first-order chi connectivity index (χ1) is 9.31. The molecule has 112 valence electrons. The monoisotopic (exact) mass is 299 g/mol. The van der Waals surface area contributed by atoms with Crippen molar-refractivity contribution in [1.29, 1.82) is 0 Å². The number of carboxylic acid groups (broad SMARTS) is 1. The molecular weight excluding hydrogens is 278 g/mol. The predicted octanol–water partition coefficient (Wildman–Crippen LogP) is 2.05. The Bertz CT molecular complexity index is 473. The molecule has 0 aliphatic rings. The summed E-state index contributed by atoms with van der Waals surface area (Å²) < 4.78 is 0. The summed E-state index contributed by atoms with van der Waals surface area (Å²) in [6.45, 7) is 6.40. The summed E-state index contributed by atoms with van der Waals surface area (Å²) in [5.74, 6) is -0.779. The summed E-state index contributed by atoms with van der Waals surface area (Å²) >= 11 is 1.49. The number of nitrogens with zero attached hydrogens (tertiary/aromatic N) is 3. The molecule has 0 unspecified atom stereocenters. The fraction of sp³-hybridized carbons (Fsp3) is 0.615. The van der Waals surface area contributed by atoms with Gasteiger partial charge in [-0.1, -0.05) is 13.8 Å². The van der Waals surface area contributed by atoms with E-state index in [4.69, 9.17) is 5.11 Å². The molecule has 0 atom stereocenters. The molecule has 1 aromatic heterocycles. The predicted molar refractivity (Wildman–Crippen MR) is 77.8 cm³/mol. The second-order valence-electron chi connectivity index (χ2n) is 5.17. The number of carbonyl (C=O) groups is 2. The van der Waals surface area contributed by atoms with Gasteiger partial charge in [-0.05, 0) is 12.8 Å². The number of carbonyl (C=O) groups excluding carboxylic acids is 1. The number of urea groups is 1. The Morgan fingerprint density at radius 3 is 2.55 bits per heavy atom. The number of hydrogen-bond acceptors (Lipinski definition) is 4. The molecule has 1 N–H and O–H groups in total. The fourth-order valence-electron chi connectivity index (χ4n) is 1.82. The molecule has 0 radical (unpaired) electrons. The molecule has 0 saturated heterocycles. The third kappa shape index (κ3) is 4.80. The summed E-state index contributed by atoms with van der Waals surface area (Å²) in [5, 5.41) is 8.91. The number of aromatic nitrogens is 1. The van der Waals surface area contributed by atoms with Crippen molar-refractivity contribution in [3.63, 3.8) is 0 Å². The smallest absolute Gasteiger partial charge is 0.323 e. The van der Waals surface area contributed by atoms with Gasteiger partial charge in [0.2, 0.25) is 0 Å². The molecule has 0 saturated carbocycles. The maximum Gasteiger partial charge on any atom is 0.323 e. The lowest BCUT2D eigenvalue weighted by Crippen LogP contribution is -2.45. The highest BCUT2D eigenvalue weighted by Gasteiger charge is 2.22. The number of aliphatic carboxylic acids is 1. The molecule has 1 heterocycles. The molecule has 0 aromatic carbocycles. The van der Waals surface area contributed by atoms with Crippen LogP contribution in [0.15, 0.2) is 5.51 Å². The Morgan fingerprint density at radius 2 is 2.10 bits per heavy atom. The van der Waals surface area contributed by atoms with Crippen molar-refractivity contribution in [1.82, 2.24) is 14.8 Å². The van der Waals surface area contributed by atoms with E-state index in [-0.39, 0.29) is 18.5 Å². The lowest BCUT2D eigenvalue weighted by molar-refractivity contribution is -0.137. The van der Waals surface area contributed by atoms with Crippen LogP contribution in [0.4, 0.5) is 4.79 Å². The molecule has 0 spiro atoms. The number of amides is 2. The van der Waals surface area contributed by atoms with Crippen LogP contribution in [0.2, 0.25) is 0 Å². The Hall–Kier alpha value is -1.63. The van der Waals surface area contributed by atoms with E-state index in [9.17, 15) is 9.59 Å². The number of thiazole rings is 1. The number of rotatable bonds is 6. The minimum Gasteiger partial charge on any atom is -0.480 e. The van der Waals surface area contributed by atoms with Gasteiger partial charge < -0.3 is 14.9 Å². The minimum absolute atomic E-state index is 0.219. The van der Waals surface area contributed by atoms with Gasteiger partial charge in [-0.3, -0.25) is 4.79 Å². The lowest BCUT2D eigenvalue weighted by atomic mass is 10.2. The Labute approximate surface area is 123 Å². The Kier molecular flexibility index (Phi) is 5.94. The van der Waals surface area contributed by atoms with Gasteiger partial charge in [-0.2, -0.15) is 0 Å². The maximum absolute atomic E-state index is 12.3. The average Bonchev–Trinajstić information content (AvgIpc) is 2.72. The largest absolute Gasteiger partial charge is 0.480 e. The zero-order chi connectivity index (χ0) is 15.3. The van der Waals surface area contributed by atoms with E-state index in [0.717, 1.165) is 10.6 Å². The van der Waals surface area contributed by atoms with E-state index in [1.807, 2.05) is 20.8 Å². The van der Waals surface area contributed by atoms with Crippen LogP contribution < -0.4 is 0 Å². The van der Waals surface area contributed by atoms with Gasteiger partial charge >= 0.3 is 12.0 Å². The van der Waals surface area contributed by atoms with Crippen LogP contribution >= 0.6 is 11.3 Å². The lowest BCUT2D eigenvalue weighted by Gasteiger charge is -2.28. The van der Waals surface area contributed by atoms with Crippen LogP contribution in [0.3, 0.4) is 0 Å². The second kappa shape index (κ2) is 7.23. The van der Waals surface area contributed by atoms with E-state index >= 15 is 0 Å². The second-order valence-corrected chi connectivity index (χ2v) is 6.11. The van der Waals surface area contributed by atoms with Gasteiger partial charge in [0.15, 0.2) is 0 Å². The highest BCUT2D eigenvalue weighted by Crippen LogP contribution is 2.15. The molecule has 20 heavy (non-hydrogen) atoms. The minimum atomic E-state index is -0.999. The molecule has 1 rings (SSSR count). The van der Waals surface area contributed by atoms with Crippen LogP contribution in [0.25, 0.3) is 0 Å². The van der Waals surface area contributed by atoms with Gasteiger partial charge in [0.25, 0.3) is 0 Å². The van der Waals surface area contributed by atoms with Crippen molar-refractivity contribution in [2.45, 2.75) is 27.3 Å². The van der Waals surface area contributed by atoms with E-state index in [0.29, 0.717) is 13.1 Å². The molecule has 0 aliphatic heterocycles. The number of hydrogen-bond donors (Lipinski definition) is 1. The standard InChI is InChI=1S/C13H21N3O3S/c1-9(2)5-16(7-12(17)18)13(19)15(4)6-11-10(3)14-8-20-11/h8-9H,5-7H2,1-4H3,(H,17,18).